The molecule has 1 aromatic rings. The van der Waals surface area contributed by atoms with Crippen molar-refractivity contribution in [2.75, 3.05) is 13.2 Å². The Morgan fingerprint density at radius 2 is 1.79 bits per heavy atom. The van der Waals surface area contributed by atoms with Gasteiger partial charge in [-0.05, 0) is 43.7 Å². The van der Waals surface area contributed by atoms with E-state index in [2.05, 4.69) is 12.2 Å². The zero-order chi connectivity index (χ0) is 17.5. The lowest BCUT2D eigenvalue weighted by Gasteiger charge is -2.29. The number of nitrogens with one attached hydrogen (secondary N) is 1. The Balaban J connectivity index is 1.72. The fourth-order valence-electron chi connectivity index (χ4n) is 3.12. The number of hydrogen-bond acceptors (Lipinski definition) is 4. The van der Waals surface area contributed by atoms with E-state index in [0.717, 1.165) is 30.4 Å². The molecule has 1 saturated carbocycles. The van der Waals surface area contributed by atoms with Crippen LogP contribution in [0, 0.1) is 19.8 Å². The lowest BCUT2D eigenvalue weighted by atomic mass is 9.86. The van der Waals surface area contributed by atoms with Crippen molar-refractivity contribution in [1.82, 2.24) is 5.32 Å². The highest BCUT2D eigenvalue weighted by atomic mass is 16.6. The highest BCUT2D eigenvalue weighted by molar-refractivity contribution is 5.81. The number of ether oxygens (including phenoxy) is 2. The van der Waals surface area contributed by atoms with Crippen molar-refractivity contribution in [3.05, 3.63) is 29.3 Å². The van der Waals surface area contributed by atoms with Gasteiger partial charge in [-0.15, -0.1) is 0 Å². The molecular formula is C19H27NO4. The maximum Gasteiger partial charge on any atom is 0.344 e. The van der Waals surface area contributed by atoms with Gasteiger partial charge in [0, 0.05) is 6.04 Å². The molecule has 1 fully saturated rings. The molecule has 0 unspecified atom stereocenters. The Bertz CT molecular complexity index is 564. The summed E-state index contributed by atoms with van der Waals surface area (Å²) in [6.45, 7) is 5.55. The third kappa shape index (κ3) is 5.25. The first-order valence-electron chi connectivity index (χ1n) is 8.61. The molecule has 1 aromatic carbocycles. The molecule has 0 aliphatic heterocycles. The molecule has 5 nitrogen and oxygen atoms in total. The summed E-state index contributed by atoms with van der Waals surface area (Å²) in [7, 11) is 0. The summed E-state index contributed by atoms with van der Waals surface area (Å²) >= 11 is 0. The SMILES string of the molecule is Cc1cccc(C)c1OCC(=O)OCC(=O)N[C@@H]1CCCC[C@@H]1C. The summed E-state index contributed by atoms with van der Waals surface area (Å²) in [5, 5.41) is 2.96. The van der Waals surface area contributed by atoms with E-state index in [4.69, 9.17) is 9.47 Å². The first kappa shape index (κ1) is 18.3. The smallest absolute Gasteiger partial charge is 0.344 e. The number of para-hydroxylation sites is 1. The van der Waals surface area contributed by atoms with E-state index in [-0.39, 0.29) is 25.2 Å². The molecule has 132 valence electrons. The Kier molecular flexibility index (Phi) is 6.64. The van der Waals surface area contributed by atoms with Gasteiger partial charge in [0.15, 0.2) is 13.2 Å². The molecule has 0 saturated heterocycles. The summed E-state index contributed by atoms with van der Waals surface area (Å²) in [6.07, 6.45) is 4.49. The van der Waals surface area contributed by atoms with E-state index in [1.54, 1.807) is 0 Å². The monoisotopic (exact) mass is 333 g/mol. The zero-order valence-electron chi connectivity index (χ0n) is 14.8. The average molecular weight is 333 g/mol. The van der Waals surface area contributed by atoms with Gasteiger partial charge in [0.2, 0.25) is 0 Å². The van der Waals surface area contributed by atoms with Gasteiger partial charge in [-0.2, -0.15) is 0 Å². The minimum atomic E-state index is -0.538. The van der Waals surface area contributed by atoms with Gasteiger partial charge >= 0.3 is 5.97 Å². The number of carbonyl (C=O) groups excluding carboxylic acids is 2. The van der Waals surface area contributed by atoms with Crippen LogP contribution in [0.2, 0.25) is 0 Å². The van der Waals surface area contributed by atoms with Crippen LogP contribution in [0.4, 0.5) is 0 Å². The Labute approximate surface area is 143 Å². The maximum atomic E-state index is 11.9. The van der Waals surface area contributed by atoms with Crippen LogP contribution < -0.4 is 10.1 Å². The summed E-state index contributed by atoms with van der Waals surface area (Å²) < 4.78 is 10.5. The van der Waals surface area contributed by atoms with Crippen LogP contribution in [0.3, 0.4) is 0 Å². The van der Waals surface area contributed by atoms with E-state index in [0.29, 0.717) is 11.7 Å². The molecule has 1 aliphatic carbocycles. The second-order valence-corrected chi connectivity index (χ2v) is 6.61. The van der Waals surface area contributed by atoms with E-state index in [1.165, 1.54) is 6.42 Å². The third-order valence-electron chi connectivity index (χ3n) is 4.57. The van der Waals surface area contributed by atoms with Crippen LogP contribution in [0.15, 0.2) is 18.2 Å². The Morgan fingerprint density at radius 3 is 2.46 bits per heavy atom. The molecule has 1 amide bonds. The first-order valence-corrected chi connectivity index (χ1v) is 8.61. The average Bonchev–Trinajstić information content (AvgIpc) is 2.54. The standard InChI is InChI=1S/C19H27NO4/c1-13-7-4-5-10-16(13)20-17(21)11-23-18(22)12-24-19-14(2)8-6-9-15(19)3/h6,8-9,13,16H,4-5,7,10-12H2,1-3H3,(H,20,21)/t13-,16+/m0/s1. The van der Waals surface area contributed by atoms with Crippen LogP contribution in [-0.2, 0) is 14.3 Å². The number of amides is 1. The molecule has 0 radical (unpaired) electrons. The summed E-state index contributed by atoms with van der Waals surface area (Å²) in [6, 6.07) is 5.97. The first-order chi connectivity index (χ1) is 11.5. The number of carbonyl (C=O) groups is 2. The number of hydrogen-bond donors (Lipinski definition) is 1. The number of rotatable bonds is 6. The third-order valence-corrected chi connectivity index (χ3v) is 4.57. The molecule has 0 aromatic heterocycles. The number of aryl methyl sites for hydroxylation is 2. The van der Waals surface area contributed by atoms with Crippen LogP contribution in [0.5, 0.6) is 5.75 Å². The van der Waals surface area contributed by atoms with Gasteiger partial charge in [-0.25, -0.2) is 4.79 Å². The minimum Gasteiger partial charge on any atom is -0.481 e. The van der Waals surface area contributed by atoms with Gasteiger partial charge in [0.05, 0.1) is 0 Å². The second kappa shape index (κ2) is 8.71. The molecule has 1 aliphatic rings. The predicted molar refractivity (Wildman–Crippen MR) is 91.9 cm³/mol. The van der Waals surface area contributed by atoms with Crippen molar-refractivity contribution in [1.29, 1.82) is 0 Å². The van der Waals surface area contributed by atoms with Gasteiger partial charge in [0.1, 0.15) is 5.75 Å². The van der Waals surface area contributed by atoms with E-state index in [9.17, 15) is 9.59 Å². The lowest BCUT2D eigenvalue weighted by Crippen LogP contribution is -2.43. The summed E-state index contributed by atoms with van der Waals surface area (Å²) in [5.41, 5.74) is 1.93. The maximum absolute atomic E-state index is 11.9. The molecule has 5 heteroatoms. The molecule has 0 bridgehead atoms. The fraction of sp³-hybridized carbons (Fsp3) is 0.579. The quantitative estimate of drug-likeness (QED) is 0.813. The van der Waals surface area contributed by atoms with Crippen LogP contribution in [0.1, 0.15) is 43.7 Å². The molecule has 24 heavy (non-hydrogen) atoms. The fourth-order valence-corrected chi connectivity index (χ4v) is 3.12. The Morgan fingerprint density at radius 1 is 1.12 bits per heavy atom. The molecular weight excluding hydrogens is 306 g/mol. The zero-order valence-corrected chi connectivity index (χ0v) is 14.8. The van der Waals surface area contributed by atoms with E-state index < -0.39 is 5.97 Å². The van der Waals surface area contributed by atoms with Crippen LogP contribution >= 0.6 is 0 Å². The lowest BCUT2D eigenvalue weighted by molar-refractivity contribution is -0.150. The highest BCUT2D eigenvalue weighted by Gasteiger charge is 2.23. The predicted octanol–water partition coefficient (Wildman–Crippen LogP) is 2.92. The molecule has 2 rings (SSSR count). The van der Waals surface area contributed by atoms with Gasteiger partial charge < -0.3 is 14.8 Å². The van der Waals surface area contributed by atoms with Crippen molar-refractivity contribution in [2.24, 2.45) is 5.92 Å². The summed E-state index contributed by atoms with van der Waals surface area (Å²) in [4.78, 5) is 23.7. The number of benzene rings is 1. The minimum absolute atomic E-state index is 0.191. The molecule has 1 N–H and O–H groups in total. The van der Waals surface area contributed by atoms with Crippen molar-refractivity contribution in [3.8, 4) is 5.75 Å². The van der Waals surface area contributed by atoms with Gasteiger partial charge in [0.25, 0.3) is 5.91 Å². The Hall–Kier alpha value is -2.04. The molecule has 0 spiro atoms. The van der Waals surface area contributed by atoms with Crippen molar-refractivity contribution in [3.63, 3.8) is 0 Å². The van der Waals surface area contributed by atoms with Crippen molar-refractivity contribution >= 4 is 11.9 Å². The topological polar surface area (TPSA) is 64.6 Å². The van der Waals surface area contributed by atoms with Crippen molar-refractivity contribution in [2.45, 2.75) is 52.5 Å². The van der Waals surface area contributed by atoms with E-state index in [1.807, 2.05) is 32.0 Å². The van der Waals surface area contributed by atoms with Crippen molar-refractivity contribution < 1.29 is 19.1 Å². The summed E-state index contributed by atoms with van der Waals surface area (Å²) in [5.74, 6) is 0.388. The number of esters is 1. The molecule has 0 heterocycles. The largest absolute Gasteiger partial charge is 0.481 e. The normalized spacial score (nSPS) is 20.3. The van der Waals surface area contributed by atoms with Gasteiger partial charge in [-0.3, -0.25) is 4.79 Å². The van der Waals surface area contributed by atoms with Crippen LogP contribution in [0.25, 0.3) is 0 Å². The van der Waals surface area contributed by atoms with Gasteiger partial charge in [-0.1, -0.05) is 38.0 Å². The van der Waals surface area contributed by atoms with E-state index >= 15 is 0 Å². The molecule has 2 atom stereocenters. The highest BCUT2D eigenvalue weighted by Crippen LogP contribution is 2.24. The van der Waals surface area contributed by atoms with Crippen LogP contribution in [-0.4, -0.2) is 31.1 Å². The second-order valence-electron chi connectivity index (χ2n) is 6.61.